The first-order valence-corrected chi connectivity index (χ1v) is 8.04. The molecule has 2 heterocycles. The topological polar surface area (TPSA) is 77.2 Å². The molecule has 1 aliphatic heterocycles. The van der Waals surface area contributed by atoms with Crippen LogP contribution >= 0.6 is 23.7 Å². The molecule has 21 heavy (non-hydrogen) atoms. The summed E-state index contributed by atoms with van der Waals surface area (Å²) in [6, 6.07) is 0. The minimum atomic E-state index is -0.0982. The highest BCUT2D eigenvalue weighted by Gasteiger charge is 2.30. The lowest BCUT2D eigenvalue weighted by molar-refractivity contribution is 0.0533. The van der Waals surface area contributed by atoms with Crippen LogP contribution in [0.25, 0.3) is 0 Å². The molecule has 7 heteroatoms. The van der Waals surface area contributed by atoms with Crippen LogP contribution in [-0.2, 0) is 11.2 Å². The summed E-state index contributed by atoms with van der Waals surface area (Å²) in [5, 5.41) is 5.69. The maximum atomic E-state index is 12.1. The molecule has 1 aromatic rings. The van der Waals surface area contributed by atoms with E-state index in [-0.39, 0.29) is 24.4 Å². The van der Waals surface area contributed by atoms with Gasteiger partial charge in [-0.1, -0.05) is 13.8 Å². The second-order valence-electron chi connectivity index (χ2n) is 5.50. The summed E-state index contributed by atoms with van der Waals surface area (Å²) in [7, 11) is 0. The minimum Gasteiger partial charge on any atom is -0.378 e. The number of nitrogens with one attached hydrogen (secondary N) is 1. The maximum absolute atomic E-state index is 12.1. The number of nitrogens with zero attached hydrogens (tertiary/aromatic N) is 1. The van der Waals surface area contributed by atoms with Crippen LogP contribution < -0.4 is 11.1 Å². The van der Waals surface area contributed by atoms with Crippen LogP contribution in [0.5, 0.6) is 0 Å². The zero-order chi connectivity index (χ0) is 14.5. The number of carbonyl (C=O) groups is 1. The van der Waals surface area contributed by atoms with Crippen LogP contribution in [0.2, 0.25) is 0 Å². The molecule has 1 saturated heterocycles. The van der Waals surface area contributed by atoms with Gasteiger partial charge in [-0.2, -0.15) is 0 Å². The van der Waals surface area contributed by atoms with Crippen LogP contribution in [0.4, 0.5) is 0 Å². The summed E-state index contributed by atoms with van der Waals surface area (Å²) < 4.78 is 5.72. The Labute approximate surface area is 136 Å². The summed E-state index contributed by atoms with van der Waals surface area (Å²) in [4.78, 5) is 16.4. The molecule has 1 fully saturated rings. The average Bonchev–Trinajstić information content (AvgIpc) is 3.04. The smallest absolute Gasteiger partial charge is 0.270 e. The maximum Gasteiger partial charge on any atom is 0.270 e. The van der Waals surface area contributed by atoms with Gasteiger partial charge in [0.05, 0.1) is 11.1 Å². The lowest BCUT2D eigenvalue weighted by atomic mass is 9.93. The second kappa shape index (κ2) is 8.68. The highest BCUT2D eigenvalue weighted by Crippen LogP contribution is 2.26. The van der Waals surface area contributed by atoms with Crippen molar-refractivity contribution in [2.24, 2.45) is 17.6 Å². The monoisotopic (exact) mass is 333 g/mol. The van der Waals surface area contributed by atoms with Crippen molar-refractivity contribution in [3.8, 4) is 0 Å². The van der Waals surface area contributed by atoms with E-state index in [1.165, 1.54) is 11.3 Å². The number of aromatic nitrogens is 1. The van der Waals surface area contributed by atoms with E-state index < -0.39 is 0 Å². The van der Waals surface area contributed by atoms with Crippen molar-refractivity contribution >= 4 is 29.7 Å². The van der Waals surface area contributed by atoms with Crippen LogP contribution in [0.3, 0.4) is 0 Å². The van der Waals surface area contributed by atoms with Crippen molar-refractivity contribution in [2.45, 2.75) is 32.8 Å². The SMILES string of the molecule is CC(C)C1OCCC1CNC(=O)c1csc(CCN)n1.Cl. The standard InChI is InChI=1S/C14H23N3O2S.ClH/c1-9(2)13-10(4-6-19-13)7-16-14(18)11-8-20-12(17-11)3-5-15;/h8-10,13H,3-7,15H2,1-2H3,(H,16,18);1H. The molecule has 5 nitrogen and oxygen atoms in total. The Hall–Kier alpha value is -0.690. The largest absolute Gasteiger partial charge is 0.378 e. The van der Waals surface area contributed by atoms with Gasteiger partial charge >= 0.3 is 0 Å². The summed E-state index contributed by atoms with van der Waals surface area (Å²) in [5.41, 5.74) is 5.98. The van der Waals surface area contributed by atoms with Crippen molar-refractivity contribution < 1.29 is 9.53 Å². The van der Waals surface area contributed by atoms with Crippen LogP contribution in [0.15, 0.2) is 5.38 Å². The zero-order valence-electron chi connectivity index (χ0n) is 12.5. The van der Waals surface area contributed by atoms with E-state index in [4.69, 9.17) is 10.5 Å². The molecule has 0 aliphatic carbocycles. The van der Waals surface area contributed by atoms with Crippen LogP contribution in [0.1, 0.15) is 35.8 Å². The first-order valence-electron chi connectivity index (χ1n) is 7.16. The highest BCUT2D eigenvalue weighted by molar-refractivity contribution is 7.09. The van der Waals surface area contributed by atoms with Gasteiger partial charge in [0, 0.05) is 30.9 Å². The van der Waals surface area contributed by atoms with Gasteiger partial charge in [-0.25, -0.2) is 4.98 Å². The molecule has 3 N–H and O–H groups in total. The molecule has 2 unspecified atom stereocenters. The van der Waals surface area contributed by atoms with Gasteiger partial charge in [0.1, 0.15) is 5.69 Å². The van der Waals surface area contributed by atoms with Gasteiger partial charge < -0.3 is 15.8 Å². The molecule has 0 saturated carbocycles. The van der Waals surface area contributed by atoms with Crippen molar-refractivity contribution in [3.05, 3.63) is 16.1 Å². The molecular weight excluding hydrogens is 310 g/mol. The Kier molecular flexibility index (Phi) is 7.59. The van der Waals surface area contributed by atoms with Gasteiger partial charge in [-0.05, 0) is 18.9 Å². The van der Waals surface area contributed by atoms with Crippen LogP contribution in [-0.4, -0.2) is 36.7 Å². The minimum absolute atomic E-state index is 0. The molecule has 2 atom stereocenters. The Balaban J connectivity index is 0.00000220. The molecule has 1 amide bonds. The van der Waals surface area contributed by atoms with Gasteiger partial charge in [0.2, 0.25) is 0 Å². The molecule has 1 aromatic heterocycles. The van der Waals surface area contributed by atoms with Crippen molar-refractivity contribution in [1.82, 2.24) is 10.3 Å². The Morgan fingerprint density at radius 2 is 2.38 bits per heavy atom. The molecule has 0 radical (unpaired) electrons. The van der Waals surface area contributed by atoms with E-state index >= 15 is 0 Å². The van der Waals surface area contributed by atoms with E-state index in [2.05, 4.69) is 24.1 Å². The van der Waals surface area contributed by atoms with E-state index in [1.54, 1.807) is 5.38 Å². The normalized spacial score (nSPS) is 21.3. The number of ether oxygens (including phenoxy) is 1. The number of nitrogens with two attached hydrogens (primary N) is 1. The third kappa shape index (κ3) is 4.92. The molecule has 0 bridgehead atoms. The summed E-state index contributed by atoms with van der Waals surface area (Å²) in [6.45, 7) is 6.32. The number of halogens is 1. The molecular formula is C14H24ClN3O2S. The fourth-order valence-corrected chi connectivity index (χ4v) is 3.37. The summed E-state index contributed by atoms with van der Waals surface area (Å²) in [6.07, 6.45) is 1.99. The lowest BCUT2D eigenvalue weighted by Crippen LogP contribution is -2.35. The molecule has 0 spiro atoms. The summed E-state index contributed by atoms with van der Waals surface area (Å²) in [5.74, 6) is 0.787. The lowest BCUT2D eigenvalue weighted by Gasteiger charge is -2.21. The quantitative estimate of drug-likeness (QED) is 0.833. The van der Waals surface area contributed by atoms with Crippen molar-refractivity contribution in [2.75, 3.05) is 19.7 Å². The van der Waals surface area contributed by atoms with Gasteiger partial charge in [-0.15, -0.1) is 23.7 Å². The fourth-order valence-electron chi connectivity index (χ4n) is 2.58. The van der Waals surface area contributed by atoms with Gasteiger partial charge in [0.25, 0.3) is 5.91 Å². The molecule has 1 aliphatic rings. The van der Waals surface area contributed by atoms with Crippen molar-refractivity contribution in [3.63, 3.8) is 0 Å². The number of hydrogen-bond donors (Lipinski definition) is 2. The van der Waals surface area contributed by atoms with E-state index in [9.17, 15) is 4.79 Å². The van der Waals surface area contributed by atoms with Gasteiger partial charge in [0.15, 0.2) is 0 Å². The third-order valence-corrected chi connectivity index (χ3v) is 4.50. The Morgan fingerprint density at radius 1 is 1.62 bits per heavy atom. The van der Waals surface area contributed by atoms with Gasteiger partial charge in [-0.3, -0.25) is 4.79 Å². The Bertz CT molecular complexity index is 453. The number of thiazole rings is 1. The van der Waals surface area contributed by atoms with E-state index in [1.807, 2.05) is 0 Å². The number of rotatable bonds is 6. The fraction of sp³-hybridized carbons (Fsp3) is 0.714. The second-order valence-corrected chi connectivity index (χ2v) is 6.45. The third-order valence-electron chi connectivity index (χ3n) is 3.59. The molecule has 0 aromatic carbocycles. The van der Waals surface area contributed by atoms with E-state index in [0.717, 1.165) is 24.5 Å². The number of carbonyl (C=O) groups excluding carboxylic acids is 1. The summed E-state index contributed by atoms with van der Waals surface area (Å²) >= 11 is 1.49. The first kappa shape index (κ1) is 18.4. The average molecular weight is 334 g/mol. The predicted octanol–water partition coefficient (Wildman–Crippen LogP) is 1.86. The highest BCUT2D eigenvalue weighted by atomic mass is 35.5. The number of amides is 1. The van der Waals surface area contributed by atoms with Crippen molar-refractivity contribution in [1.29, 1.82) is 0 Å². The molecule has 2 rings (SSSR count). The first-order chi connectivity index (χ1) is 9.61. The Morgan fingerprint density at radius 3 is 3.05 bits per heavy atom. The van der Waals surface area contributed by atoms with E-state index in [0.29, 0.717) is 30.6 Å². The predicted molar refractivity (Wildman–Crippen MR) is 87.1 cm³/mol. The zero-order valence-corrected chi connectivity index (χ0v) is 14.1. The molecule has 120 valence electrons. The number of hydrogen-bond acceptors (Lipinski definition) is 5. The van der Waals surface area contributed by atoms with Crippen LogP contribution in [0, 0.1) is 11.8 Å².